The van der Waals surface area contributed by atoms with Crippen LogP contribution in [0.15, 0.2) is 57.9 Å². The van der Waals surface area contributed by atoms with Crippen molar-refractivity contribution in [2.45, 2.75) is 54.4 Å². The molecule has 0 aliphatic carbocycles. The first-order valence-electron chi connectivity index (χ1n) is 13.1. The molecule has 12 nitrogen and oxygen atoms in total. The third-order valence-corrected chi connectivity index (χ3v) is 9.27. The van der Waals surface area contributed by atoms with Crippen LogP contribution in [-0.2, 0) is 10.4 Å². The second-order valence-corrected chi connectivity index (χ2v) is 11.9. The van der Waals surface area contributed by atoms with Crippen molar-refractivity contribution in [3.63, 3.8) is 0 Å². The number of H-pyrrole nitrogens is 1. The van der Waals surface area contributed by atoms with Gasteiger partial charge in [0.1, 0.15) is 16.5 Å². The topological polar surface area (TPSA) is 168 Å². The smallest absolute Gasteiger partial charge is 0.203 e. The molecular weight excluding hydrogens is 550 g/mol. The average Bonchev–Trinajstić information content (AvgIpc) is 3.48. The summed E-state index contributed by atoms with van der Waals surface area (Å²) in [6, 6.07) is 3.77. The zero-order valence-electron chi connectivity index (χ0n) is 22.3. The van der Waals surface area contributed by atoms with Gasteiger partial charge in [-0.3, -0.25) is 15.8 Å². The number of aliphatic imine (C=N–C) groups is 1. The SMILES string of the molecule is Cc1cc(NC2=NC(N)(c3nccc(Sc4cnc(N5CCC6(CC5)CO[C@@H](C)[C@H]6N)cn4)c3Cl)C=CN2)n[nH]1. The fraction of sp³-hybridized carbons (Fsp3) is 0.423. The Balaban J connectivity index is 1.14. The monoisotopic (exact) mass is 581 g/mol. The number of hydrogen-bond donors (Lipinski definition) is 5. The molecule has 7 N–H and O–H groups in total. The minimum Gasteiger partial charge on any atom is -0.376 e. The minimum absolute atomic E-state index is 0.0672. The van der Waals surface area contributed by atoms with Crippen molar-refractivity contribution in [2.75, 3.05) is 29.9 Å². The van der Waals surface area contributed by atoms with Crippen molar-refractivity contribution in [1.29, 1.82) is 0 Å². The number of halogens is 1. The zero-order chi connectivity index (χ0) is 27.9. The first-order valence-corrected chi connectivity index (χ1v) is 14.3. The highest BCUT2D eigenvalue weighted by atomic mass is 35.5. The summed E-state index contributed by atoms with van der Waals surface area (Å²) in [7, 11) is 0. The van der Waals surface area contributed by atoms with Crippen LogP contribution in [0, 0.1) is 12.3 Å². The number of anilines is 2. The molecule has 3 aromatic rings. The molecule has 2 fully saturated rings. The summed E-state index contributed by atoms with van der Waals surface area (Å²) < 4.78 is 5.85. The van der Waals surface area contributed by atoms with Gasteiger partial charge in [0.05, 0.1) is 30.1 Å². The molecule has 0 saturated carbocycles. The summed E-state index contributed by atoms with van der Waals surface area (Å²) in [5.41, 5.74) is 13.3. The van der Waals surface area contributed by atoms with Crippen LogP contribution < -0.4 is 27.0 Å². The van der Waals surface area contributed by atoms with E-state index in [9.17, 15) is 0 Å². The Morgan fingerprint density at radius 3 is 2.73 bits per heavy atom. The summed E-state index contributed by atoms with van der Waals surface area (Å²) in [4.78, 5) is 21.5. The molecule has 0 amide bonds. The molecule has 210 valence electrons. The Labute approximate surface area is 241 Å². The highest BCUT2D eigenvalue weighted by Gasteiger charge is 2.47. The predicted octanol–water partition coefficient (Wildman–Crippen LogP) is 2.74. The number of nitrogens with zero attached hydrogens (tertiary/aromatic N) is 6. The number of aromatic amines is 1. The van der Waals surface area contributed by atoms with Gasteiger partial charge in [0.25, 0.3) is 0 Å². The molecule has 3 aromatic heterocycles. The maximum absolute atomic E-state index is 6.83. The van der Waals surface area contributed by atoms with Gasteiger partial charge in [-0.1, -0.05) is 23.4 Å². The largest absolute Gasteiger partial charge is 0.376 e. The molecule has 1 unspecified atom stereocenters. The molecule has 2 saturated heterocycles. The van der Waals surface area contributed by atoms with E-state index < -0.39 is 5.66 Å². The Morgan fingerprint density at radius 2 is 2.05 bits per heavy atom. The molecular formula is C26H32ClN11OS. The van der Waals surface area contributed by atoms with E-state index in [2.05, 4.69) is 47.6 Å². The van der Waals surface area contributed by atoms with Crippen LogP contribution in [0.5, 0.6) is 0 Å². The van der Waals surface area contributed by atoms with Gasteiger partial charge < -0.3 is 26.0 Å². The van der Waals surface area contributed by atoms with Gasteiger partial charge in [-0.15, -0.1) is 0 Å². The van der Waals surface area contributed by atoms with E-state index in [4.69, 9.17) is 32.8 Å². The molecule has 3 aliphatic rings. The van der Waals surface area contributed by atoms with E-state index >= 15 is 0 Å². The number of guanidine groups is 1. The molecule has 3 aliphatic heterocycles. The van der Waals surface area contributed by atoms with Gasteiger partial charge in [-0.25, -0.2) is 15.0 Å². The lowest BCUT2D eigenvalue weighted by molar-refractivity contribution is 0.0974. The summed E-state index contributed by atoms with van der Waals surface area (Å²) in [5.74, 6) is 1.89. The van der Waals surface area contributed by atoms with Gasteiger partial charge in [-0.05, 0) is 38.8 Å². The first kappa shape index (κ1) is 27.0. The second-order valence-electron chi connectivity index (χ2n) is 10.5. The molecule has 1 spiro atoms. The number of aromatic nitrogens is 5. The Bertz CT molecular complexity index is 1440. The third-order valence-electron chi connectivity index (χ3n) is 7.80. The number of nitrogens with one attached hydrogen (secondary N) is 3. The van der Waals surface area contributed by atoms with Crippen LogP contribution in [0.3, 0.4) is 0 Å². The lowest BCUT2D eigenvalue weighted by Crippen LogP contribution is -2.50. The number of aryl methyl sites for hydroxylation is 1. The van der Waals surface area contributed by atoms with E-state index in [0.717, 1.165) is 48.9 Å². The van der Waals surface area contributed by atoms with Crippen LogP contribution in [0.2, 0.25) is 5.02 Å². The number of nitrogens with two attached hydrogens (primary N) is 2. The summed E-state index contributed by atoms with van der Waals surface area (Å²) in [5, 5.41) is 14.3. The molecule has 6 heterocycles. The number of hydrogen-bond acceptors (Lipinski definition) is 12. The Kier molecular flexibility index (Phi) is 7.17. The number of piperidine rings is 1. The Hall–Kier alpha value is -3.23. The van der Waals surface area contributed by atoms with Gasteiger partial charge >= 0.3 is 0 Å². The predicted molar refractivity (Wildman–Crippen MR) is 155 cm³/mol. The van der Waals surface area contributed by atoms with Crippen molar-refractivity contribution in [1.82, 2.24) is 30.5 Å². The van der Waals surface area contributed by atoms with Crippen LogP contribution in [0.1, 0.15) is 31.2 Å². The van der Waals surface area contributed by atoms with E-state index in [1.54, 1.807) is 24.7 Å². The highest BCUT2D eigenvalue weighted by molar-refractivity contribution is 7.99. The van der Waals surface area contributed by atoms with Gasteiger partial charge in [0.2, 0.25) is 5.96 Å². The number of rotatable bonds is 5. The van der Waals surface area contributed by atoms with Crippen LogP contribution in [-0.4, -0.2) is 63.0 Å². The summed E-state index contributed by atoms with van der Waals surface area (Å²) >= 11 is 8.22. The highest BCUT2D eigenvalue weighted by Crippen LogP contribution is 2.42. The van der Waals surface area contributed by atoms with Crippen LogP contribution >= 0.6 is 23.4 Å². The zero-order valence-corrected chi connectivity index (χ0v) is 23.8. The van der Waals surface area contributed by atoms with Crippen molar-refractivity contribution in [3.8, 4) is 0 Å². The van der Waals surface area contributed by atoms with E-state index in [-0.39, 0.29) is 17.6 Å². The molecule has 14 heteroatoms. The average molecular weight is 582 g/mol. The van der Waals surface area contributed by atoms with E-state index in [1.807, 2.05) is 25.3 Å². The molecule has 6 rings (SSSR count). The lowest BCUT2D eigenvalue weighted by Gasteiger charge is -2.41. The van der Waals surface area contributed by atoms with Crippen molar-refractivity contribution in [3.05, 3.63) is 59.4 Å². The second kappa shape index (κ2) is 10.6. The van der Waals surface area contributed by atoms with Crippen molar-refractivity contribution in [2.24, 2.45) is 21.9 Å². The fourth-order valence-corrected chi connectivity index (χ4v) is 6.51. The van der Waals surface area contributed by atoms with E-state index in [1.165, 1.54) is 11.8 Å². The molecule has 40 heavy (non-hydrogen) atoms. The normalized spacial score (nSPS) is 25.6. The number of pyridine rings is 1. The van der Waals surface area contributed by atoms with Gasteiger partial charge in [-0.2, -0.15) is 5.10 Å². The van der Waals surface area contributed by atoms with Crippen molar-refractivity contribution < 1.29 is 4.74 Å². The number of ether oxygens (including phenoxy) is 1. The van der Waals surface area contributed by atoms with Crippen LogP contribution in [0.4, 0.5) is 11.6 Å². The molecule has 0 bridgehead atoms. The molecule has 3 atom stereocenters. The first-order chi connectivity index (χ1) is 19.2. The van der Waals surface area contributed by atoms with Crippen LogP contribution in [0.25, 0.3) is 0 Å². The minimum atomic E-state index is -1.28. The van der Waals surface area contributed by atoms with Gasteiger partial charge in [0.15, 0.2) is 11.5 Å². The fourth-order valence-electron chi connectivity index (χ4n) is 5.38. The summed E-state index contributed by atoms with van der Waals surface area (Å²) in [6.45, 7) is 6.47. The Morgan fingerprint density at radius 1 is 1.23 bits per heavy atom. The maximum Gasteiger partial charge on any atom is 0.203 e. The molecule has 0 radical (unpaired) electrons. The van der Waals surface area contributed by atoms with E-state index in [0.29, 0.717) is 27.5 Å². The maximum atomic E-state index is 6.83. The lowest BCUT2D eigenvalue weighted by atomic mass is 9.73. The standard InChI is InChI=1S/C26H32ClN11OS/c1-15-11-18(37-36-15)34-24-31-8-4-26(29,35-24)23-21(27)17(3-7-30-23)40-20-13-32-19(12-33-20)38-9-5-25(6-10-38)14-39-16(2)22(25)28/h3-4,7-8,11-13,16,22H,5-6,9-10,14,28-29H2,1-2H3,(H3,31,34,35,36,37)/t16-,22+,26?/m0/s1. The van der Waals surface area contributed by atoms with Crippen molar-refractivity contribution >= 4 is 41.0 Å². The summed E-state index contributed by atoms with van der Waals surface area (Å²) in [6.07, 6.45) is 10.7. The quantitative estimate of drug-likeness (QED) is 0.300. The molecule has 0 aromatic carbocycles. The third kappa shape index (κ3) is 5.15. The van der Waals surface area contributed by atoms with Gasteiger partial charge in [0, 0.05) is 53.6 Å².